The van der Waals surface area contributed by atoms with Crippen LogP contribution in [0.25, 0.3) is 10.8 Å². The van der Waals surface area contributed by atoms with Crippen molar-refractivity contribution >= 4 is 10.8 Å². The van der Waals surface area contributed by atoms with Gasteiger partial charge < -0.3 is 0 Å². The first-order valence-corrected chi connectivity index (χ1v) is 7.73. The molecule has 0 amide bonds. The zero-order valence-corrected chi connectivity index (χ0v) is 11.9. The van der Waals surface area contributed by atoms with Gasteiger partial charge in [-0.1, -0.05) is 36.8 Å². The highest BCUT2D eigenvalue weighted by atomic mass is 14.4. The van der Waals surface area contributed by atoms with Crippen LogP contribution in [0.3, 0.4) is 0 Å². The Bertz CT molecular complexity index is 638. The van der Waals surface area contributed by atoms with Crippen molar-refractivity contribution in [1.82, 2.24) is 0 Å². The van der Waals surface area contributed by atoms with Gasteiger partial charge >= 0.3 is 0 Å². The van der Waals surface area contributed by atoms with Crippen LogP contribution in [0.2, 0.25) is 0 Å². The minimum atomic E-state index is 0.836. The van der Waals surface area contributed by atoms with Gasteiger partial charge in [-0.05, 0) is 78.3 Å². The van der Waals surface area contributed by atoms with Crippen molar-refractivity contribution in [3.63, 3.8) is 0 Å². The predicted octanol–water partition coefficient (Wildman–Crippen LogP) is 5.36. The summed E-state index contributed by atoms with van der Waals surface area (Å²) in [5, 5.41) is 2.99. The maximum Gasteiger partial charge on any atom is -0.0125 e. The molecule has 2 aromatic rings. The molecule has 2 bridgehead atoms. The first-order chi connectivity index (χ1) is 9.24. The first-order valence-electron chi connectivity index (χ1n) is 7.73. The lowest BCUT2D eigenvalue weighted by molar-refractivity contribution is 0.422. The van der Waals surface area contributed by atoms with Crippen molar-refractivity contribution in [2.24, 2.45) is 11.8 Å². The fourth-order valence-corrected chi connectivity index (χ4v) is 4.63. The number of fused-ring (bicyclic) bond motifs is 3. The predicted molar refractivity (Wildman–Crippen MR) is 81.6 cm³/mol. The molecule has 2 aliphatic rings. The van der Waals surface area contributed by atoms with Crippen LogP contribution < -0.4 is 0 Å². The molecular formula is C19H22. The Kier molecular flexibility index (Phi) is 2.48. The van der Waals surface area contributed by atoms with Gasteiger partial charge in [0.05, 0.1) is 0 Å². The molecule has 98 valence electrons. The van der Waals surface area contributed by atoms with E-state index in [1.807, 2.05) is 0 Å². The van der Waals surface area contributed by atoms with E-state index < -0.39 is 0 Å². The molecule has 0 heterocycles. The fraction of sp³-hybridized carbons (Fsp3) is 0.474. The van der Waals surface area contributed by atoms with Crippen LogP contribution in [0.4, 0.5) is 0 Å². The lowest BCUT2D eigenvalue weighted by Crippen LogP contribution is -2.09. The molecular weight excluding hydrogens is 228 g/mol. The highest BCUT2D eigenvalue weighted by Crippen LogP contribution is 2.54. The Labute approximate surface area is 115 Å². The highest BCUT2D eigenvalue weighted by Gasteiger charge is 2.40. The zero-order chi connectivity index (χ0) is 13.0. The molecule has 0 spiro atoms. The third-order valence-corrected chi connectivity index (χ3v) is 5.74. The fourth-order valence-electron chi connectivity index (χ4n) is 4.63. The van der Waals surface area contributed by atoms with Crippen LogP contribution in [0.15, 0.2) is 30.3 Å². The molecule has 0 heteroatoms. The van der Waals surface area contributed by atoms with Crippen LogP contribution in [-0.4, -0.2) is 0 Å². The van der Waals surface area contributed by atoms with Crippen LogP contribution in [-0.2, 0) is 0 Å². The van der Waals surface area contributed by atoms with Gasteiger partial charge in [-0.15, -0.1) is 0 Å². The minimum absolute atomic E-state index is 0.836. The highest BCUT2D eigenvalue weighted by molar-refractivity contribution is 5.90. The van der Waals surface area contributed by atoms with E-state index in [4.69, 9.17) is 0 Å². The van der Waals surface area contributed by atoms with Gasteiger partial charge in [0.1, 0.15) is 0 Å². The van der Waals surface area contributed by atoms with Gasteiger partial charge in [-0.2, -0.15) is 0 Å². The monoisotopic (exact) mass is 250 g/mol. The molecule has 3 unspecified atom stereocenters. The van der Waals surface area contributed by atoms with Crippen LogP contribution in [0.5, 0.6) is 0 Å². The molecule has 0 saturated heterocycles. The molecule has 0 nitrogen and oxygen atoms in total. The zero-order valence-electron chi connectivity index (χ0n) is 11.9. The number of hydrogen-bond acceptors (Lipinski definition) is 0. The quantitative estimate of drug-likeness (QED) is 0.639. The second-order valence-corrected chi connectivity index (χ2v) is 6.73. The molecule has 0 aliphatic heterocycles. The Morgan fingerprint density at radius 1 is 0.947 bits per heavy atom. The number of rotatable bonds is 1. The van der Waals surface area contributed by atoms with E-state index in [1.165, 1.54) is 47.6 Å². The van der Waals surface area contributed by atoms with E-state index in [2.05, 4.69) is 44.2 Å². The van der Waals surface area contributed by atoms with Crippen molar-refractivity contribution in [3.05, 3.63) is 47.0 Å². The lowest BCUT2D eigenvalue weighted by atomic mass is 9.80. The summed E-state index contributed by atoms with van der Waals surface area (Å²) in [4.78, 5) is 0. The Balaban J connectivity index is 1.92. The molecule has 3 atom stereocenters. The van der Waals surface area contributed by atoms with Crippen LogP contribution >= 0.6 is 0 Å². The summed E-state index contributed by atoms with van der Waals surface area (Å²) in [6, 6.07) is 11.5. The molecule has 0 radical (unpaired) electrons. The van der Waals surface area contributed by atoms with E-state index in [-0.39, 0.29) is 0 Å². The Hall–Kier alpha value is -1.30. The van der Waals surface area contributed by atoms with E-state index in [9.17, 15) is 0 Å². The second kappa shape index (κ2) is 4.10. The summed E-state index contributed by atoms with van der Waals surface area (Å²) in [5.41, 5.74) is 4.57. The summed E-state index contributed by atoms with van der Waals surface area (Å²) in [6.07, 6.45) is 5.89. The Morgan fingerprint density at radius 2 is 1.74 bits per heavy atom. The Morgan fingerprint density at radius 3 is 2.42 bits per heavy atom. The van der Waals surface area contributed by atoms with Gasteiger partial charge in [0, 0.05) is 0 Å². The SMILES string of the molecule is Cc1cc(C2CC3CCC2C3)c2ccccc2c1C. The summed E-state index contributed by atoms with van der Waals surface area (Å²) in [5.74, 6) is 2.83. The summed E-state index contributed by atoms with van der Waals surface area (Å²) in [6.45, 7) is 4.54. The average molecular weight is 250 g/mol. The van der Waals surface area contributed by atoms with Crippen molar-refractivity contribution in [1.29, 1.82) is 0 Å². The summed E-state index contributed by atoms with van der Waals surface area (Å²) >= 11 is 0. The van der Waals surface area contributed by atoms with Crippen molar-refractivity contribution in [2.75, 3.05) is 0 Å². The topological polar surface area (TPSA) is 0 Å². The molecule has 0 aromatic heterocycles. The van der Waals surface area contributed by atoms with Gasteiger partial charge in [0.25, 0.3) is 0 Å². The standard InChI is InChI=1S/C19H22/c1-12-9-19(18-11-14-7-8-15(18)10-14)17-6-4-3-5-16(17)13(12)2/h3-6,9,14-15,18H,7-8,10-11H2,1-2H3. The molecule has 2 aliphatic carbocycles. The van der Waals surface area contributed by atoms with Gasteiger partial charge in [0.15, 0.2) is 0 Å². The molecule has 2 aromatic carbocycles. The molecule has 4 rings (SSSR count). The number of aryl methyl sites for hydroxylation is 2. The van der Waals surface area contributed by atoms with E-state index in [1.54, 1.807) is 5.56 Å². The van der Waals surface area contributed by atoms with Gasteiger partial charge in [0.2, 0.25) is 0 Å². The maximum absolute atomic E-state index is 2.49. The first kappa shape index (κ1) is 11.5. The summed E-state index contributed by atoms with van der Waals surface area (Å²) in [7, 11) is 0. The average Bonchev–Trinajstić information content (AvgIpc) is 3.05. The lowest BCUT2D eigenvalue weighted by Gasteiger charge is -2.25. The van der Waals surface area contributed by atoms with Gasteiger partial charge in [-0.3, -0.25) is 0 Å². The van der Waals surface area contributed by atoms with Crippen molar-refractivity contribution in [3.8, 4) is 0 Å². The molecule has 0 N–H and O–H groups in total. The molecule has 19 heavy (non-hydrogen) atoms. The van der Waals surface area contributed by atoms with Gasteiger partial charge in [-0.25, -0.2) is 0 Å². The smallest absolute Gasteiger partial charge is 0.0125 e. The largest absolute Gasteiger partial charge is 0.0616 e. The molecule has 2 saturated carbocycles. The van der Waals surface area contributed by atoms with E-state index >= 15 is 0 Å². The van der Waals surface area contributed by atoms with Crippen molar-refractivity contribution in [2.45, 2.75) is 45.4 Å². The molecule has 2 fully saturated rings. The second-order valence-electron chi connectivity index (χ2n) is 6.73. The van der Waals surface area contributed by atoms with Crippen LogP contribution in [0, 0.1) is 25.7 Å². The third-order valence-electron chi connectivity index (χ3n) is 5.74. The van der Waals surface area contributed by atoms with E-state index in [0.717, 1.165) is 17.8 Å². The van der Waals surface area contributed by atoms with Crippen molar-refractivity contribution < 1.29 is 0 Å². The van der Waals surface area contributed by atoms with Crippen LogP contribution in [0.1, 0.15) is 48.3 Å². The third kappa shape index (κ3) is 1.65. The maximum atomic E-state index is 2.49. The normalized spacial score (nSPS) is 29.3. The van der Waals surface area contributed by atoms with E-state index in [0.29, 0.717) is 0 Å². The number of hydrogen-bond donors (Lipinski definition) is 0. The summed E-state index contributed by atoms with van der Waals surface area (Å²) < 4.78 is 0. The minimum Gasteiger partial charge on any atom is -0.0616 e. The number of benzene rings is 2.